The van der Waals surface area contributed by atoms with Gasteiger partial charge in [0.05, 0.1) is 11.4 Å². The summed E-state index contributed by atoms with van der Waals surface area (Å²) in [4.78, 5) is 56.7. The fraction of sp³-hybridized carbons (Fsp3) is 0.375. The van der Waals surface area contributed by atoms with E-state index in [2.05, 4.69) is 20.6 Å². The molecular formula is C32H40N6O7. The molecular weight excluding hydrogens is 580 g/mol. The number of carboxylic acid groups (broad SMARTS) is 1. The number of carbonyl (C=O) groups excluding carboxylic acids is 3. The van der Waals surface area contributed by atoms with Gasteiger partial charge in [0.1, 0.15) is 23.3 Å². The Morgan fingerprint density at radius 1 is 0.733 bits per heavy atom. The van der Waals surface area contributed by atoms with Crippen LogP contribution < -0.4 is 22.1 Å². The fourth-order valence-corrected chi connectivity index (χ4v) is 4.18. The van der Waals surface area contributed by atoms with E-state index < -0.39 is 47.3 Å². The maximum absolute atomic E-state index is 12.1. The zero-order valence-electron chi connectivity index (χ0n) is 26.2. The number of rotatable bonds is 10. The molecule has 0 bridgehead atoms. The number of carbonyl (C=O) groups is 4. The minimum Gasteiger partial charge on any atom is -0.480 e. The molecule has 13 nitrogen and oxygen atoms in total. The first kappa shape index (κ1) is 34.3. The minimum absolute atomic E-state index is 0.0439. The highest BCUT2D eigenvalue weighted by Crippen LogP contribution is 2.26. The van der Waals surface area contributed by atoms with E-state index in [0.29, 0.717) is 17.0 Å². The number of nitrogens with zero attached hydrogens (tertiary/aromatic N) is 2. The number of benzene rings is 2. The molecule has 3 rings (SSSR count). The summed E-state index contributed by atoms with van der Waals surface area (Å²) in [6.45, 7) is 10.2. The van der Waals surface area contributed by atoms with Crippen LogP contribution in [0.15, 0.2) is 54.6 Å². The van der Waals surface area contributed by atoms with E-state index in [9.17, 15) is 24.3 Å². The molecule has 3 amide bonds. The molecule has 1 heterocycles. The number of ether oxygens (including phenoxy) is 2. The monoisotopic (exact) mass is 620 g/mol. The number of hydrogen-bond donors (Lipinski definition) is 5. The molecule has 3 aromatic rings. The first-order chi connectivity index (χ1) is 20.9. The number of nitrogen functional groups attached to an aromatic ring is 1. The van der Waals surface area contributed by atoms with Gasteiger partial charge in [0.15, 0.2) is 0 Å². The average Bonchev–Trinajstić information content (AvgIpc) is 2.90. The Morgan fingerprint density at radius 3 is 1.47 bits per heavy atom. The van der Waals surface area contributed by atoms with Crippen LogP contribution in [0.1, 0.15) is 52.7 Å². The van der Waals surface area contributed by atoms with Crippen LogP contribution in [0.2, 0.25) is 0 Å². The highest BCUT2D eigenvalue weighted by atomic mass is 16.6. The average molecular weight is 621 g/mol. The highest BCUT2D eigenvalue weighted by Gasteiger charge is 2.25. The summed E-state index contributed by atoms with van der Waals surface area (Å²) in [6.07, 6.45) is -1.34. The van der Waals surface area contributed by atoms with E-state index in [-0.39, 0.29) is 18.8 Å². The van der Waals surface area contributed by atoms with E-state index in [1.807, 2.05) is 0 Å². The summed E-state index contributed by atoms with van der Waals surface area (Å²) in [6, 6.07) is 13.9. The number of hydrogen-bond acceptors (Lipinski definition) is 9. The molecule has 0 fully saturated rings. The lowest BCUT2D eigenvalue weighted by Gasteiger charge is -2.22. The van der Waals surface area contributed by atoms with Crippen LogP contribution in [-0.2, 0) is 31.9 Å². The second kappa shape index (κ2) is 14.1. The SMILES string of the molecule is CC(C)(C)OC(=O)NC(Cc1ccc(-c2cc(-c3ccc(C[C@H](NC(=O)OC(C)(C)C)C(N)=O)cc3)nc(N)n2)cc1)C(=O)O. The Bertz CT molecular complexity index is 1420. The van der Waals surface area contributed by atoms with Gasteiger partial charge in [-0.2, -0.15) is 0 Å². The van der Waals surface area contributed by atoms with Crippen LogP contribution in [0.25, 0.3) is 22.5 Å². The van der Waals surface area contributed by atoms with E-state index >= 15 is 0 Å². The lowest BCUT2D eigenvalue weighted by molar-refractivity contribution is -0.139. The number of alkyl carbamates (subject to hydrolysis) is 2. The van der Waals surface area contributed by atoms with Crippen molar-refractivity contribution in [3.8, 4) is 22.5 Å². The lowest BCUT2D eigenvalue weighted by atomic mass is 10.0. The van der Waals surface area contributed by atoms with Crippen molar-refractivity contribution in [2.24, 2.45) is 5.73 Å². The number of anilines is 1. The molecule has 0 aliphatic heterocycles. The normalized spacial score (nSPS) is 12.8. The van der Waals surface area contributed by atoms with Crippen molar-refractivity contribution in [2.45, 2.75) is 77.7 Å². The first-order valence-corrected chi connectivity index (χ1v) is 14.2. The van der Waals surface area contributed by atoms with E-state index in [1.54, 1.807) is 96.1 Å². The topological polar surface area (TPSA) is 209 Å². The molecule has 0 saturated carbocycles. The smallest absolute Gasteiger partial charge is 0.408 e. The third-order valence-electron chi connectivity index (χ3n) is 6.15. The van der Waals surface area contributed by atoms with Crippen molar-refractivity contribution < 1.29 is 33.8 Å². The van der Waals surface area contributed by atoms with E-state index in [4.69, 9.17) is 20.9 Å². The summed E-state index contributed by atoms with van der Waals surface area (Å²) in [5, 5.41) is 14.5. The van der Waals surface area contributed by atoms with Crippen LogP contribution in [0.3, 0.4) is 0 Å². The van der Waals surface area contributed by atoms with Crippen LogP contribution >= 0.6 is 0 Å². The fourth-order valence-electron chi connectivity index (χ4n) is 4.18. The Balaban J connectivity index is 1.73. The quantitative estimate of drug-likeness (QED) is 0.221. The van der Waals surface area contributed by atoms with Crippen LogP contribution in [-0.4, -0.2) is 62.4 Å². The molecule has 2 atom stereocenters. The third kappa shape index (κ3) is 11.1. The zero-order chi connectivity index (χ0) is 33.5. The van der Waals surface area contributed by atoms with Gasteiger partial charge in [-0.1, -0.05) is 48.5 Å². The predicted octanol–water partition coefficient (Wildman–Crippen LogP) is 3.83. The molecule has 7 N–H and O–H groups in total. The molecule has 0 saturated heterocycles. The van der Waals surface area contributed by atoms with Gasteiger partial charge < -0.3 is 36.7 Å². The summed E-state index contributed by atoms with van der Waals surface area (Å²) in [7, 11) is 0. The number of amides is 3. The van der Waals surface area contributed by atoms with E-state index in [1.165, 1.54) is 0 Å². The van der Waals surface area contributed by atoms with Crippen molar-refractivity contribution in [3.05, 3.63) is 65.7 Å². The highest BCUT2D eigenvalue weighted by molar-refractivity contribution is 5.84. The number of aromatic nitrogens is 2. The molecule has 2 aromatic carbocycles. The second-order valence-corrected chi connectivity index (χ2v) is 12.4. The van der Waals surface area contributed by atoms with Gasteiger partial charge in [0.25, 0.3) is 0 Å². The largest absolute Gasteiger partial charge is 0.480 e. The minimum atomic E-state index is -1.19. The van der Waals surface area contributed by atoms with Crippen LogP contribution in [0.4, 0.5) is 15.5 Å². The first-order valence-electron chi connectivity index (χ1n) is 14.2. The summed E-state index contributed by atoms with van der Waals surface area (Å²) < 4.78 is 10.4. The second-order valence-electron chi connectivity index (χ2n) is 12.4. The van der Waals surface area contributed by atoms with Gasteiger partial charge in [-0.25, -0.2) is 24.4 Å². The number of primary amides is 1. The van der Waals surface area contributed by atoms with Crippen molar-refractivity contribution in [1.29, 1.82) is 0 Å². The molecule has 45 heavy (non-hydrogen) atoms. The Labute approximate surface area is 261 Å². The molecule has 13 heteroatoms. The molecule has 240 valence electrons. The van der Waals surface area contributed by atoms with E-state index in [0.717, 1.165) is 16.7 Å². The van der Waals surface area contributed by atoms with Crippen molar-refractivity contribution in [3.63, 3.8) is 0 Å². The maximum atomic E-state index is 12.1. The Kier molecular flexibility index (Phi) is 10.7. The van der Waals surface area contributed by atoms with Crippen molar-refractivity contribution in [2.75, 3.05) is 5.73 Å². The van der Waals surface area contributed by atoms with Gasteiger partial charge in [0.2, 0.25) is 11.9 Å². The molecule has 0 radical (unpaired) electrons. The summed E-state index contributed by atoms with van der Waals surface area (Å²) in [5.41, 5.74) is 14.0. The molecule has 1 unspecified atom stereocenters. The van der Waals surface area contributed by atoms with Crippen LogP contribution in [0.5, 0.6) is 0 Å². The van der Waals surface area contributed by atoms with Crippen molar-refractivity contribution >= 4 is 30.0 Å². The number of aliphatic carboxylic acids is 1. The zero-order valence-corrected chi connectivity index (χ0v) is 26.2. The number of nitrogens with two attached hydrogens (primary N) is 2. The van der Waals surface area contributed by atoms with Gasteiger partial charge >= 0.3 is 18.2 Å². The van der Waals surface area contributed by atoms with Crippen molar-refractivity contribution in [1.82, 2.24) is 20.6 Å². The van der Waals surface area contributed by atoms with Crippen LogP contribution in [0, 0.1) is 0 Å². The molecule has 0 aliphatic carbocycles. The number of nitrogens with one attached hydrogen (secondary N) is 2. The van der Waals surface area contributed by atoms with Gasteiger partial charge in [-0.3, -0.25) is 4.79 Å². The molecule has 0 aliphatic rings. The number of carboxylic acids is 1. The summed E-state index contributed by atoms with van der Waals surface area (Å²) >= 11 is 0. The third-order valence-corrected chi connectivity index (χ3v) is 6.15. The summed E-state index contributed by atoms with van der Waals surface area (Å²) in [5.74, 6) is -1.82. The molecule has 0 spiro atoms. The van der Waals surface area contributed by atoms with Gasteiger partial charge in [-0.05, 0) is 58.7 Å². The Hall–Kier alpha value is -5.20. The maximum Gasteiger partial charge on any atom is 0.408 e. The lowest BCUT2D eigenvalue weighted by Crippen LogP contribution is -2.47. The predicted molar refractivity (Wildman–Crippen MR) is 168 cm³/mol. The Morgan fingerprint density at radius 2 is 1.11 bits per heavy atom. The molecule has 1 aromatic heterocycles. The van der Waals surface area contributed by atoms with Gasteiger partial charge in [-0.15, -0.1) is 0 Å². The standard InChI is InChI=1S/C32H40N6O7/c1-31(2,3)44-29(42)37-24(26(33)39)15-18-7-11-20(12-8-18)22-17-23(36-28(34)35-22)21-13-9-19(10-14-21)16-25(27(40)41)38-30(43)45-32(4,5)6/h7-14,17,24-25H,15-16H2,1-6H3,(H2,33,39)(H,37,42)(H,38,43)(H,40,41)(H2,34,35,36)/t24-,25?/m0/s1. The van der Waals surface area contributed by atoms with Gasteiger partial charge in [0, 0.05) is 24.0 Å².